The summed E-state index contributed by atoms with van der Waals surface area (Å²) in [5.41, 5.74) is 6.98. The molecular weight excluding hydrogens is 390 g/mol. The molecule has 0 rings (SSSR count). The van der Waals surface area contributed by atoms with E-state index in [1.807, 2.05) is 0 Å². The van der Waals surface area contributed by atoms with Crippen LogP contribution in [-0.2, 0) is 4.79 Å². The molecule has 0 spiro atoms. The molecule has 0 aromatic rings. The van der Waals surface area contributed by atoms with Crippen LogP contribution in [0.2, 0.25) is 0 Å². The Bertz CT molecular complexity index is 505. The first kappa shape index (κ1) is 29.0. The number of hydrogen-bond acceptors (Lipinski definition) is 3. The first-order valence-electron chi connectivity index (χ1n) is 12.0. The van der Waals surface area contributed by atoms with Gasteiger partial charge in [-0.2, -0.15) is 11.8 Å². The van der Waals surface area contributed by atoms with Crippen LogP contribution in [0.5, 0.6) is 0 Å². The normalized spacial score (nSPS) is 15.1. The Morgan fingerprint density at radius 2 is 1.50 bits per heavy atom. The second-order valence-electron chi connectivity index (χ2n) is 9.65. The van der Waals surface area contributed by atoms with Gasteiger partial charge >= 0.3 is 0 Å². The monoisotopic (exact) mass is 439 g/mol. The van der Waals surface area contributed by atoms with Gasteiger partial charge in [-0.3, -0.25) is 10.2 Å². The molecule has 0 aliphatic heterocycles. The van der Waals surface area contributed by atoms with Crippen LogP contribution in [0.1, 0.15) is 99.3 Å². The lowest BCUT2D eigenvalue weighted by atomic mass is 9.91. The Morgan fingerprint density at radius 1 is 0.967 bits per heavy atom. The van der Waals surface area contributed by atoms with Crippen molar-refractivity contribution in [2.45, 2.75) is 105 Å². The van der Waals surface area contributed by atoms with Crippen molar-refractivity contribution in [2.24, 2.45) is 23.5 Å². The number of nitrogens with one attached hydrogen (secondary N) is 2. The van der Waals surface area contributed by atoms with Gasteiger partial charge in [0.1, 0.15) is 5.84 Å². The van der Waals surface area contributed by atoms with Crippen LogP contribution >= 0.6 is 11.8 Å². The van der Waals surface area contributed by atoms with Gasteiger partial charge in [0.2, 0.25) is 5.91 Å². The highest BCUT2D eigenvalue weighted by atomic mass is 32.2. The summed E-state index contributed by atoms with van der Waals surface area (Å²) in [7, 11) is 0. The fourth-order valence-electron chi connectivity index (χ4n) is 3.65. The molecule has 0 bridgehead atoms. The number of rotatable bonds is 18. The summed E-state index contributed by atoms with van der Waals surface area (Å²) in [6.07, 6.45) is 14.3. The van der Waals surface area contributed by atoms with Gasteiger partial charge in [0, 0.05) is 18.4 Å². The largest absolute Gasteiger partial charge is 0.386 e. The van der Waals surface area contributed by atoms with E-state index in [4.69, 9.17) is 11.1 Å². The number of amidine groups is 1. The summed E-state index contributed by atoms with van der Waals surface area (Å²) in [6, 6.07) is -0.361. The maximum Gasteiger partial charge on any atom is 0.217 e. The summed E-state index contributed by atoms with van der Waals surface area (Å²) in [4.78, 5) is 11.2. The molecule has 0 aromatic carbocycles. The van der Waals surface area contributed by atoms with E-state index >= 15 is 0 Å². The Kier molecular flexibility index (Phi) is 17.1. The molecule has 0 radical (unpaired) electrons. The molecule has 30 heavy (non-hydrogen) atoms. The fraction of sp³-hybridized carbons (Fsp3) is 0.840. The number of carbonyl (C=O) groups is 1. The van der Waals surface area contributed by atoms with E-state index in [9.17, 15) is 4.79 Å². The van der Waals surface area contributed by atoms with E-state index < -0.39 is 0 Å². The van der Waals surface area contributed by atoms with Gasteiger partial charge in [-0.25, -0.2) is 0 Å². The quantitative estimate of drug-likeness (QED) is 0.0981. The minimum Gasteiger partial charge on any atom is -0.386 e. The van der Waals surface area contributed by atoms with Gasteiger partial charge in [-0.15, -0.1) is 0 Å². The summed E-state index contributed by atoms with van der Waals surface area (Å²) in [6.45, 7) is 13.1. The van der Waals surface area contributed by atoms with Gasteiger partial charge in [0.25, 0.3) is 0 Å². The van der Waals surface area contributed by atoms with Crippen molar-refractivity contribution in [3.05, 3.63) is 11.6 Å². The molecule has 3 unspecified atom stereocenters. The second kappa shape index (κ2) is 17.7. The standard InChI is InChI=1S/C25H49N3OS/c1-19(2)10-7-11-20(3)12-8-13-21(4)14-9-15-22(5)16-17-30-18-24(25(26)27)28-23(6)29/h16,19-21,24H,7-15,17-18H2,1-6H3,(H3,26,27)(H,28,29). The average molecular weight is 440 g/mol. The van der Waals surface area contributed by atoms with Crippen LogP contribution in [0, 0.1) is 23.2 Å². The van der Waals surface area contributed by atoms with Gasteiger partial charge in [-0.1, -0.05) is 84.3 Å². The SMILES string of the molecule is CC(=O)NC(CSCC=C(C)CCCC(C)CCCC(C)CCCC(C)C)C(=N)N. The maximum atomic E-state index is 11.2. The molecule has 0 saturated carbocycles. The van der Waals surface area contributed by atoms with Crippen LogP contribution in [0.15, 0.2) is 11.6 Å². The fourth-order valence-corrected chi connectivity index (χ4v) is 4.69. The van der Waals surface area contributed by atoms with Crippen molar-refractivity contribution >= 4 is 23.5 Å². The van der Waals surface area contributed by atoms with Crippen molar-refractivity contribution in [1.82, 2.24) is 5.32 Å². The zero-order valence-corrected chi connectivity index (χ0v) is 21.4. The Labute approximate surface area is 191 Å². The number of nitrogens with two attached hydrogens (primary N) is 1. The maximum absolute atomic E-state index is 11.2. The molecule has 3 atom stereocenters. The molecule has 1 amide bonds. The van der Waals surface area contributed by atoms with Crippen LogP contribution in [0.4, 0.5) is 0 Å². The van der Waals surface area contributed by atoms with Crippen molar-refractivity contribution in [2.75, 3.05) is 11.5 Å². The van der Waals surface area contributed by atoms with Crippen molar-refractivity contribution in [3.8, 4) is 0 Å². The van der Waals surface area contributed by atoms with Crippen molar-refractivity contribution in [3.63, 3.8) is 0 Å². The van der Waals surface area contributed by atoms with E-state index in [2.05, 4.69) is 46.0 Å². The van der Waals surface area contributed by atoms with Crippen LogP contribution < -0.4 is 11.1 Å². The molecule has 176 valence electrons. The molecule has 0 saturated heterocycles. The highest BCUT2D eigenvalue weighted by molar-refractivity contribution is 7.99. The van der Waals surface area contributed by atoms with E-state index in [0.29, 0.717) is 5.75 Å². The van der Waals surface area contributed by atoms with E-state index in [1.54, 1.807) is 11.8 Å². The average Bonchev–Trinajstić information content (AvgIpc) is 2.63. The summed E-state index contributed by atoms with van der Waals surface area (Å²) >= 11 is 1.71. The van der Waals surface area contributed by atoms with Crippen molar-refractivity contribution < 1.29 is 4.79 Å². The summed E-state index contributed by atoms with van der Waals surface area (Å²) in [5, 5.41) is 10.3. The summed E-state index contributed by atoms with van der Waals surface area (Å²) < 4.78 is 0. The van der Waals surface area contributed by atoms with Crippen molar-refractivity contribution in [1.29, 1.82) is 5.41 Å². The minimum absolute atomic E-state index is 0.0253. The van der Waals surface area contributed by atoms with Crippen LogP contribution in [0.25, 0.3) is 0 Å². The molecular formula is C25H49N3OS. The molecule has 0 heterocycles. The molecule has 4 nitrogen and oxygen atoms in total. The molecule has 0 fully saturated rings. The Morgan fingerprint density at radius 3 is 2.00 bits per heavy atom. The smallest absolute Gasteiger partial charge is 0.217 e. The van der Waals surface area contributed by atoms with Gasteiger partial charge in [0.15, 0.2) is 0 Å². The second-order valence-corrected chi connectivity index (χ2v) is 10.7. The first-order chi connectivity index (χ1) is 14.1. The summed E-state index contributed by atoms with van der Waals surface area (Å²) in [5.74, 6) is 3.98. The van der Waals surface area contributed by atoms with Crippen LogP contribution in [0.3, 0.4) is 0 Å². The number of carbonyl (C=O) groups excluding carboxylic acids is 1. The third kappa shape index (κ3) is 17.9. The topological polar surface area (TPSA) is 79.0 Å². The predicted molar refractivity (Wildman–Crippen MR) is 135 cm³/mol. The molecule has 0 aromatic heterocycles. The van der Waals surface area contributed by atoms with E-state index in [-0.39, 0.29) is 17.8 Å². The lowest BCUT2D eigenvalue weighted by Crippen LogP contribution is -2.44. The van der Waals surface area contributed by atoms with Gasteiger partial charge in [-0.05, 0) is 37.5 Å². The highest BCUT2D eigenvalue weighted by Crippen LogP contribution is 2.22. The number of amides is 1. The number of thioether (sulfide) groups is 1. The minimum atomic E-state index is -0.361. The zero-order valence-electron chi connectivity index (χ0n) is 20.6. The van der Waals surface area contributed by atoms with E-state index in [0.717, 1.165) is 23.5 Å². The molecule has 4 N–H and O–H groups in total. The van der Waals surface area contributed by atoms with Crippen LogP contribution in [-0.4, -0.2) is 29.3 Å². The van der Waals surface area contributed by atoms with Gasteiger partial charge < -0.3 is 11.1 Å². The first-order valence-corrected chi connectivity index (χ1v) is 13.1. The van der Waals surface area contributed by atoms with Gasteiger partial charge in [0.05, 0.1) is 6.04 Å². The third-order valence-electron chi connectivity index (χ3n) is 5.73. The molecule has 0 aliphatic rings. The Balaban J connectivity index is 3.84. The number of allylic oxidation sites excluding steroid dienone is 1. The Hall–Kier alpha value is -0.970. The highest BCUT2D eigenvalue weighted by Gasteiger charge is 2.12. The number of hydrogen-bond donors (Lipinski definition) is 3. The predicted octanol–water partition coefficient (Wildman–Crippen LogP) is 6.55. The zero-order chi connectivity index (χ0) is 22.9. The van der Waals surface area contributed by atoms with E-state index in [1.165, 1.54) is 70.3 Å². The molecule has 0 aliphatic carbocycles. The third-order valence-corrected chi connectivity index (χ3v) is 6.70. The lowest BCUT2D eigenvalue weighted by molar-refractivity contribution is -0.119. The lowest BCUT2D eigenvalue weighted by Gasteiger charge is -2.15. The molecule has 5 heteroatoms.